The predicted octanol–water partition coefficient (Wildman–Crippen LogP) is 2.85. The first kappa shape index (κ1) is 14.8. The Morgan fingerprint density at radius 3 is 2.76 bits per heavy atom. The average molecular weight is 323 g/mol. The van der Waals surface area contributed by atoms with Crippen LogP contribution in [0.5, 0.6) is 5.75 Å². The number of benzene rings is 1. The lowest BCUT2D eigenvalue weighted by atomic mass is 10.1. The lowest BCUT2D eigenvalue weighted by molar-refractivity contribution is 0.0775. The van der Waals surface area contributed by atoms with Gasteiger partial charge in [0.15, 0.2) is 0 Å². The van der Waals surface area contributed by atoms with Gasteiger partial charge in [-0.25, -0.2) is 0 Å². The van der Waals surface area contributed by atoms with Crippen molar-refractivity contribution in [2.24, 2.45) is 0 Å². The van der Waals surface area contributed by atoms with Gasteiger partial charge in [0.25, 0.3) is 0 Å². The van der Waals surface area contributed by atoms with Gasteiger partial charge in [-0.2, -0.15) is 0 Å². The fourth-order valence-corrected chi connectivity index (χ4v) is 2.26. The molecule has 1 aliphatic rings. The number of halogens is 2. The van der Waals surface area contributed by atoms with Crippen LogP contribution in [0, 0.1) is 0 Å². The van der Waals surface area contributed by atoms with Crippen LogP contribution in [0.4, 0.5) is 0 Å². The van der Waals surface area contributed by atoms with Crippen molar-refractivity contribution in [2.75, 3.05) is 13.2 Å². The van der Waals surface area contributed by atoms with Crippen LogP contribution in [-0.2, 0) is 11.3 Å². The van der Waals surface area contributed by atoms with Crippen LogP contribution in [0.1, 0.15) is 18.4 Å². The van der Waals surface area contributed by atoms with Crippen molar-refractivity contribution in [3.63, 3.8) is 0 Å². The summed E-state index contributed by atoms with van der Waals surface area (Å²) >= 11 is 3.40. The summed E-state index contributed by atoms with van der Waals surface area (Å²) in [6.07, 6.45) is 2.10. The third kappa shape index (κ3) is 4.47. The number of hydrogen-bond acceptors (Lipinski definition) is 3. The average Bonchev–Trinajstić information content (AvgIpc) is 2.32. The number of aromatic hydroxyl groups is 1. The van der Waals surface area contributed by atoms with E-state index in [1.165, 1.54) is 0 Å². The van der Waals surface area contributed by atoms with Gasteiger partial charge >= 0.3 is 0 Å². The van der Waals surface area contributed by atoms with E-state index < -0.39 is 0 Å². The second-order valence-corrected chi connectivity index (χ2v) is 4.96. The van der Waals surface area contributed by atoms with Gasteiger partial charge in [-0.05, 0) is 31.0 Å². The molecule has 2 rings (SSSR count). The summed E-state index contributed by atoms with van der Waals surface area (Å²) < 4.78 is 6.29. The fraction of sp³-hybridized carbons (Fsp3) is 0.500. The molecule has 0 radical (unpaired) electrons. The molecule has 1 heterocycles. The largest absolute Gasteiger partial charge is 0.508 e. The van der Waals surface area contributed by atoms with Gasteiger partial charge in [0.1, 0.15) is 5.75 Å². The van der Waals surface area contributed by atoms with Crippen LogP contribution in [0.15, 0.2) is 22.7 Å². The number of phenolic OH excluding ortho intramolecular Hbond substituents is 1. The first-order valence-electron chi connectivity index (χ1n) is 5.54. The molecule has 0 unspecified atom stereocenters. The van der Waals surface area contributed by atoms with Gasteiger partial charge in [-0.3, -0.25) is 0 Å². The zero-order chi connectivity index (χ0) is 11.4. The Morgan fingerprint density at radius 2 is 2.06 bits per heavy atom. The number of ether oxygens (including phenoxy) is 1. The molecule has 0 spiro atoms. The number of rotatable bonds is 3. The molecule has 1 saturated heterocycles. The third-order valence-corrected chi connectivity index (χ3v) is 3.34. The van der Waals surface area contributed by atoms with Crippen LogP contribution >= 0.6 is 28.3 Å². The Labute approximate surface area is 116 Å². The van der Waals surface area contributed by atoms with E-state index in [2.05, 4.69) is 21.2 Å². The molecule has 17 heavy (non-hydrogen) atoms. The minimum absolute atomic E-state index is 0. The van der Waals surface area contributed by atoms with Crippen LogP contribution in [0.3, 0.4) is 0 Å². The Balaban J connectivity index is 0.00000144. The molecule has 0 aliphatic carbocycles. The molecule has 3 nitrogen and oxygen atoms in total. The van der Waals surface area contributed by atoms with Crippen molar-refractivity contribution in [3.8, 4) is 5.75 Å². The number of nitrogens with one attached hydrogen (secondary N) is 1. The molecular weight excluding hydrogens is 305 g/mol. The maximum absolute atomic E-state index is 9.68. The zero-order valence-electron chi connectivity index (χ0n) is 9.49. The van der Waals surface area contributed by atoms with E-state index in [4.69, 9.17) is 4.74 Å². The van der Waals surface area contributed by atoms with Crippen molar-refractivity contribution in [1.29, 1.82) is 0 Å². The maximum atomic E-state index is 9.68. The van der Waals surface area contributed by atoms with Crippen molar-refractivity contribution in [1.82, 2.24) is 5.32 Å². The lowest BCUT2D eigenvalue weighted by Gasteiger charge is -2.23. The monoisotopic (exact) mass is 321 g/mol. The highest BCUT2D eigenvalue weighted by Crippen LogP contribution is 2.22. The zero-order valence-corrected chi connectivity index (χ0v) is 11.9. The smallest absolute Gasteiger partial charge is 0.120 e. The first-order valence-corrected chi connectivity index (χ1v) is 6.33. The van der Waals surface area contributed by atoms with Gasteiger partial charge in [-0.1, -0.05) is 15.9 Å². The molecule has 5 heteroatoms. The summed E-state index contributed by atoms with van der Waals surface area (Å²) in [7, 11) is 0. The van der Waals surface area contributed by atoms with Gasteiger partial charge in [0.2, 0.25) is 0 Å². The molecule has 1 aromatic carbocycles. The topological polar surface area (TPSA) is 41.5 Å². The van der Waals surface area contributed by atoms with E-state index >= 15 is 0 Å². The number of hydrogen-bond donors (Lipinski definition) is 2. The van der Waals surface area contributed by atoms with Gasteiger partial charge < -0.3 is 15.2 Å². The Hall–Kier alpha value is -0.290. The third-order valence-electron chi connectivity index (χ3n) is 2.84. The Bertz CT molecular complexity index is 356. The second kappa shape index (κ2) is 7.21. The quantitative estimate of drug-likeness (QED) is 0.899. The summed E-state index contributed by atoms with van der Waals surface area (Å²) in [4.78, 5) is 0. The van der Waals surface area contributed by atoms with E-state index in [0.29, 0.717) is 18.3 Å². The highest BCUT2D eigenvalue weighted by atomic mass is 79.9. The normalized spacial score (nSPS) is 16.5. The summed E-state index contributed by atoms with van der Waals surface area (Å²) in [5, 5.41) is 13.1. The fourth-order valence-electron chi connectivity index (χ4n) is 1.85. The first-order chi connectivity index (χ1) is 7.75. The SMILES string of the molecule is Cl.Oc1ccc(Br)cc1CNC1CCOCC1. The van der Waals surface area contributed by atoms with E-state index in [1.807, 2.05) is 12.1 Å². The molecule has 0 saturated carbocycles. The summed E-state index contributed by atoms with van der Waals surface area (Å²) in [6.45, 7) is 2.38. The van der Waals surface area contributed by atoms with Gasteiger partial charge in [0.05, 0.1) is 0 Å². The molecule has 1 aliphatic heterocycles. The van der Waals surface area contributed by atoms with Crippen molar-refractivity contribution in [3.05, 3.63) is 28.2 Å². The molecule has 0 bridgehead atoms. The van der Waals surface area contributed by atoms with E-state index in [0.717, 1.165) is 36.1 Å². The Kier molecular flexibility index (Phi) is 6.27. The van der Waals surface area contributed by atoms with E-state index in [1.54, 1.807) is 6.07 Å². The highest BCUT2D eigenvalue weighted by molar-refractivity contribution is 9.10. The highest BCUT2D eigenvalue weighted by Gasteiger charge is 2.13. The van der Waals surface area contributed by atoms with Gasteiger partial charge in [0, 0.05) is 35.8 Å². The molecule has 2 N–H and O–H groups in total. The molecular formula is C12H17BrClNO2. The Morgan fingerprint density at radius 1 is 1.35 bits per heavy atom. The molecule has 96 valence electrons. The van der Waals surface area contributed by atoms with Crippen LogP contribution < -0.4 is 5.32 Å². The molecule has 1 fully saturated rings. The van der Waals surface area contributed by atoms with Crippen LogP contribution in [0.25, 0.3) is 0 Å². The minimum atomic E-state index is 0. The summed E-state index contributed by atoms with van der Waals surface area (Å²) in [5.74, 6) is 0.350. The summed E-state index contributed by atoms with van der Waals surface area (Å²) in [6, 6.07) is 6.01. The van der Waals surface area contributed by atoms with Crippen molar-refractivity contribution in [2.45, 2.75) is 25.4 Å². The van der Waals surface area contributed by atoms with Gasteiger partial charge in [-0.15, -0.1) is 12.4 Å². The van der Waals surface area contributed by atoms with E-state index in [9.17, 15) is 5.11 Å². The molecule has 1 aromatic rings. The van der Waals surface area contributed by atoms with Crippen molar-refractivity contribution < 1.29 is 9.84 Å². The molecule has 0 amide bonds. The summed E-state index contributed by atoms with van der Waals surface area (Å²) in [5.41, 5.74) is 0.931. The van der Waals surface area contributed by atoms with Crippen LogP contribution in [0.2, 0.25) is 0 Å². The molecule has 0 aromatic heterocycles. The minimum Gasteiger partial charge on any atom is -0.508 e. The van der Waals surface area contributed by atoms with E-state index in [-0.39, 0.29) is 12.4 Å². The molecule has 0 atom stereocenters. The van der Waals surface area contributed by atoms with Crippen LogP contribution in [-0.4, -0.2) is 24.4 Å². The predicted molar refractivity (Wildman–Crippen MR) is 73.7 cm³/mol. The maximum Gasteiger partial charge on any atom is 0.120 e. The standard InChI is InChI=1S/C12H16BrNO2.ClH/c13-10-1-2-12(15)9(7-10)8-14-11-3-5-16-6-4-11;/h1-2,7,11,14-15H,3-6,8H2;1H. The van der Waals surface area contributed by atoms with Crippen molar-refractivity contribution >= 4 is 28.3 Å². The second-order valence-electron chi connectivity index (χ2n) is 4.04. The number of phenols is 1. The lowest BCUT2D eigenvalue weighted by Crippen LogP contribution is -2.34.